The Morgan fingerprint density at radius 2 is 0.615 bits per heavy atom. The molecule has 0 bridgehead atoms. The predicted molar refractivity (Wildman–Crippen MR) is 359 cm³/mol. The highest BCUT2D eigenvalue weighted by Gasteiger charge is 2.46. The number of esters is 8. The van der Waals surface area contributed by atoms with E-state index >= 15 is 0 Å². The van der Waals surface area contributed by atoms with Gasteiger partial charge in [0.15, 0.2) is 6.61 Å². The van der Waals surface area contributed by atoms with Crippen molar-refractivity contribution in [1.29, 1.82) is 0 Å². The van der Waals surface area contributed by atoms with Gasteiger partial charge < -0.3 is 42.6 Å². The monoisotopic (exact) mass is 1360 g/mol. The van der Waals surface area contributed by atoms with Crippen molar-refractivity contribution in [3.8, 4) is 0 Å². The Hall–Kier alpha value is -4.81. The average molecular weight is 1360 g/mol. The SMILES string of the molecule is C.C.CC1CC1CCC(=O)OCC(COCC(COC(=O)CCC1CC1C)(COC(=O)CCC1CC1C)OC(=O)CCC1CC1C)(COC(=O)CCN1CC1C)CC(=O)CCN1CC1C.CCC(COC(=O)CCN1CC1C)(OC(=O)CCN1CC1C)OC(=O)CCN1CC1C. The third-order valence-electron chi connectivity index (χ3n) is 21.4. The van der Waals surface area contributed by atoms with Gasteiger partial charge in [-0.3, -0.25) is 67.7 Å². The molecule has 23 heteroatoms. The molecule has 19 unspecified atom stereocenters. The van der Waals surface area contributed by atoms with Crippen LogP contribution in [0.2, 0.25) is 0 Å². The van der Waals surface area contributed by atoms with E-state index in [4.69, 9.17) is 42.6 Å². The number of ketones is 1. The standard InChI is InChI=1S/C49H78N2O12.C22H37N3O6.2CH4/c1-32-19-38(32)7-11-43(53)59-27-48(23-42(52)15-17-50-24-36(50)5,28-60-46(56)16-18-51-25-37(51)6)26-58-29-49(63-47(57)14-10-41-22-35(41)4,30-61-44(54)12-8-39-20-33(39)2)31-62-45(55)13-9-40-21-34(40)3;1-5-22(30-20(27)7-10-24-13-17(24)3,31-21(28)8-11-25-14-18(25)4)15-29-19(26)6-9-23-12-16(23)2;;/h32-41H,7-31H2,1-6H3;16-18H,5-15H2,1-4H3;2*1H4. The summed E-state index contributed by atoms with van der Waals surface area (Å²) in [6, 6.07) is 2.33. The van der Waals surface area contributed by atoms with Gasteiger partial charge in [0, 0.05) is 141 Å². The number of nitrogens with zero attached hydrogens (tertiary/aromatic N) is 5. The Morgan fingerprint density at radius 3 is 0.927 bits per heavy atom. The van der Waals surface area contributed by atoms with Crippen LogP contribution in [0.25, 0.3) is 0 Å². The molecule has 0 spiro atoms. The predicted octanol–water partition coefficient (Wildman–Crippen LogP) is 8.61. The van der Waals surface area contributed by atoms with Gasteiger partial charge in [-0.1, -0.05) is 49.5 Å². The van der Waals surface area contributed by atoms with Crippen LogP contribution in [-0.2, 0) is 85.8 Å². The number of ether oxygens (including phenoxy) is 9. The van der Waals surface area contributed by atoms with Crippen LogP contribution >= 0.6 is 0 Å². The molecule has 5 saturated heterocycles. The summed E-state index contributed by atoms with van der Waals surface area (Å²) < 4.78 is 52.8. The van der Waals surface area contributed by atoms with Gasteiger partial charge in [0.1, 0.15) is 32.2 Å². The second-order valence-electron chi connectivity index (χ2n) is 30.4. The van der Waals surface area contributed by atoms with Gasteiger partial charge in [0.2, 0.25) is 5.60 Å². The zero-order valence-electron chi connectivity index (χ0n) is 58.5. The molecule has 9 rings (SSSR count). The Kier molecular flexibility index (Phi) is 30.9. The highest BCUT2D eigenvalue weighted by atomic mass is 16.7. The fourth-order valence-electron chi connectivity index (χ4n) is 12.7. The van der Waals surface area contributed by atoms with E-state index < -0.39 is 71.8 Å². The summed E-state index contributed by atoms with van der Waals surface area (Å²) in [7, 11) is 0. The maximum Gasteiger partial charge on any atom is 0.310 e. The van der Waals surface area contributed by atoms with Crippen LogP contribution in [0.15, 0.2) is 0 Å². The number of hydrogen-bond donors (Lipinski definition) is 0. The third-order valence-corrected chi connectivity index (χ3v) is 21.4. The fourth-order valence-corrected chi connectivity index (χ4v) is 12.7. The molecule has 0 aromatic rings. The first-order chi connectivity index (χ1) is 44.7. The lowest BCUT2D eigenvalue weighted by Gasteiger charge is -2.36. The zero-order valence-corrected chi connectivity index (χ0v) is 58.5. The van der Waals surface area contributed by atoms with Crippen molar-refractivity contribution in [2.75, 3.05) is 112 Å². The second-order valence-corrected chi connectivity index (χ2v) is 30.4. The first-order valence-corrected chi connectivity index (χ1v) is 36.0. The van der Waals surface area contributed by atoms with Crippen molar-refractivity contribution in [2.45, 2.75) is 248 Å². The van der Waals surface area contributed by atoms with Crippen molar-refractivity contribution < 1.29 is 85.8 Å². The quantitative estimate of drug-likeness (QED) is 0.0239. The number of carbonyl (C=O) groups excluding carboxylic acids is 9. The minimum atomic E-state index is -1.72. The zero-order chi connectivity index (χ0) is 67.9. The van der Waals surface area contributed by atoms with Crippen molar-refractivity contribution in [3.63, 3.8) is 0 Å². The van der Waals surface area contributed by atoms with Gasteiger partial charge in [-0.25, -0.2) is 0 Å². The molecule has 96 heavy (non-hydrogen) atoms. The van der Waals surface area contributed by atoms with Crippen molar-refractivity contribution in [3.05, 3.63) is 0 Å². The lowest BCUT2D eigenvalue weighted by atomic mass is 9.84. The number of carbonyl (C=O) groups is 9. The maximum atomic E-state index is 13.8. The number of hydrogen-bond acceptors (Lipinski definition) is 23. The molecule has 5 aliphatic heterocycles. The Labute approximate surface area is 573 Å². The maximum absolute atomic E-state index is 13.8. The van der Waals surface area contributed by atoms with E-state index in [1.165, 1.54) is 0 Å². The summed E-state index contributed by atoms with van der Waals surface area (Å²) in [6.45, 7) is 26.4. The molecule has 19 atom stereocenters. The van der Waals surface area contributed by atoms with Gasteiger partial charge in [-0.15, -0.1) is 0 Å². The average Bonchev–Trinajstić information content (AvgIpc) is 1.92. The Bertz CT molecular complexity index is 2370. The van der Waals surface area contributed by atoms with Gasteiger partial charge in [-0.2, -0.15) is 0 Å². The number of Topliss-reactive ketones (excluding diaryl/α,β-unsaturated/α-hetero) is 1. The smallest absolute Gasteiger partial charge is 0.310 e. The summed E-state index contributed by atoms with van der Waals surface area (Å²) in [5.41, 5.74) is -3.01. The fraction of sp³-hybridized carbons (Fsp3) is 0.877. The summed E-state index contributed by atoms with van der Waals surface area (Å²) in [6.07, 6.45) is 8.96. The molecule has 0 radical (unpaired) electrons. The van der Waals surface area contributed by atoms with Crippen LogP contribution in [-0.4, -0.2) is 231 Å². The van der Waals surface area contributed by atoms with E-state index in [2.05, 4.69) is 86.8 Å². The van der Waals surface area contributed by atoms with Crippen LogP contribution in [0.4, 0.5) is 0 Å². The second kappa shape index (κ2) is 37.0. The van der Waals surface area contributed by atoms with E-state index in [0.29, 0.717) is 136 Å². The van der Waals surface area contributed by atoms with E-state index in [-0.39, 0.29) is 130 Å². The molecule has 9 fully saturated rings. The molecule has 4 aliphatic carbocycles. The first-order valence-electron chi connectivity index (χ1n) is 36.0. The van der Waals surface area contributed by atoms with Gasteiger partial charge in [0.25, 0.3) is 5.79 Å². The third kappa shape index (κ3) is 28.8. The summed E-state index contributed by atoms with van der Waals surface area (Å²) in [4.78, 5) is 128. The van der Waals surface area contributed by atoms with E-state index in [1.54, 1.807) is 6.92 Å². The Morgan fingerprint density at radius 1 is 0.344 bits per heavy atom. The topological polar surface area (TPSA) is 252 Å². The van der Waals surface area contributed by atoms with E-state index in [1.807, 2.05) is 0 Å². The van der Waals surface area contributed by atoms with Crippen molar-refractivity contribution in [1.82, 2.24) is 24.5 Å². The van der Waals surface area contributed by atoms with Crippen molar-refractivity contribution >= 4 is 53.5 Å². The molecule has 0 N–H and O–H groups in total. The van der Waals surface area contributed by atoms with E-state index in [0.717, 1.165) is 58.4 Å². The molecule has 0 amide bonds. The van der Waals surface area contributed by atoms with E-state index in [9.17, 15) is 43.2 Å². The molecule has 0 aromatic heterocycles. The lowest BCUT2D eigenvalue weighted by Crippen LogP contribution is -2.51. The summed E-state index contributed by atoms with van der Waals surface area (Å²) in [5, 5.41) is 0. The highest BCUT2D eigenvalue weighted by molar-refractivity contribution is 5.80. The molecule has 5 heterocycles. The molecule has 4 saturated carbocycles. The summed E-state index contributed by atoms with van der Waals surface area (Å²) in [5.74, 6) is -1.14. The molecule has 9 aliphatic rings. The van der Waals surface area contributed by atoms with Gasteiger partial charge in [-0.05, 0) is 133 Å². The molecular weight excluding hydrogens is 1230 g/mol. The minimum Gasteiger partial charge on any atom is -0.465 e. The van der Waals surface area contributed by atoms with Crippen LogP contribution in [0.3, 0.4) is 0 Å². The molecule has 548 valence electrons. The molecular formula is C73H123N5O18. The van der Waals surface area contributed by atoms with Crippen LogP contribution in [0.1, 0.15) is 206 Å². The number of rotatable bonds is 47. The Balaban J connectivity index is 0.000000371. The van der Waals surface area contributed by atoms with Gasteiger partial charge in [0.05, 0.1) is 44.3 Å². The molecule has 0 aromatic carbocycles. The molecule has 23 nitrogen and oxygen atoms in total. The van der Waals surface area contributed by atoms with Gasteiger partial charge >= 0.3 is 47.8 Å². The summed E-state index contributed by atoms with van der Waals surface area (Å²) >= 11 is 0. The van der Waals surface area contributed by atoms with Crippen LogP contribution in [0, 0.1) is 52.8 Å². The minimum absolute atomic E-state index is 0. The van der Waals surface area contributed by atoms with Crippen LogP contribution in [0.5, 0.6) is 0 Å². The highest BCUT2D eigenvalue weighted by Crippen LogP contribution is 2.44. The van der Waals surface area contributed by atoms with Crippen LogP contribution < -0.4 is 0 Å². The normalized spacial score (nSPS) is 31.9. The largest absolute Gasteiger partial charge is 0.465 e. The lowest BCUT2D eigenvalue weighted by molar-refractivity contribution is -0.245. The first kappa shape index (κ1) is 80.2. The van der Waals surface area contributed by atoms with Crippen molar-refractivity contribution in [2.24, 2.45) is 52.8 Å².